The van der Waals surface area contributed by atoms with Gasteiger partial charge in [-0.2, -0.15) is 0 Å². The lowest BCUT2D eigenvalue weighted by Gasteiger charge is -2.24. The van der Waals surface area contributed by atoms with Gasteiger partial charge in [-0.15, -0.1) is 0 Å². The third kappa shape index (κ3) is 3.16. The van der Waals surface area contributed by atoms with E-state index in [0.29, 0.717) is 24.6 Å². The van der Waals surface area contributed by atoms with Crippen molar-refractivity contribution in [2.75, 3.05) is 24.7 Å². The molecular weight excluding hydrogens is 280 g/mol. The second-order valence-electron chi connectivity index (χ2n) is 5.50. The van der Waals surface area contributed by atoms with Crippen LogP contribution in [0.15, 0.2) is 48.5 Å². The molecule has 0 aliphatic carbocycles. The van der Waals surface area contributed by atoms with Crippen LogP contribution in [0.25, 0.3) is 0 Å². The molecule has 0 amide bonds. The monoisotopic (exact) mass is 300 g/mol. The van der Waals surface area contributed by atoms with E-state index in [1.54, 1.807) is 12.1 Å². The van der Waals surface area contributed by atoms with Crippen molar-refractivity contribution in [3.8, 4) is 5.75 Å². The minimum Gasteiger partial charge on any atom is -0.491 e. The van der Waals surface area contributed by atoms with Crippen LogP contribution in [0.3, 0.4) is 0 Å². The van der Waals surface area contributed by atoms with Crippen molar-refractivity contribution in [3.05, 3.63) is 54.1 Å². The molecule has 22 heavy (non-hydrogen) atoms. The fourth-order valence-corrected chi connectivity index (χ4v) is 2.45. The molecule has 2 atom stereocenters. The van der Waals surface area contributed by atoms with Gasteiger partial charge in [0.2, 0.25) is 0 Å². The third-order valence-corrected chi connectivity index (χ3v) is 3.66. The first-order valence-corrected chi connectivity index (χ1v) is 7.21. The van der Waals surface area contributed by atoms with Crippen LogP contribution in [0.4, 0.5) is 11.4 Å². The summed E-state index contributed by atoms with van der Waals surface area (Å²) in [6.07, 6.45) is -0.135. The molecule has 0 radical (unpaired) electrons. The Balaban J connectivity index is 1.61. The Morgan fingerprint density at radius 2 is 1.91 bits per heavy atom. The van der Waals surface area contributed by atoms with Crippen LogP contribution in [-0.4, -0.2) is 19.3 Å². The lowest BCUT2D eigenvalue weighted by molar-refractivity contribution is -0.164. The molecule has 5 heteroatoms. The van der Waals surface area contributed by atoms with E-state index in [0.717, 1.165) is 11.3 Å². The second kappa shape index (κ2) is 5.87. The van der Waals surface area contributed by atoms with Crippen LogP contribution in [0.5, 0.6) is 5.75 Å². The lowest BCUT2D eigenvalue weighted by Crippen LogP contribution is -2.26. The number of benzene rings is 2. The molecule has 4 N–H and O–H groups in total. The maximum absolute atomic E-state index is 6.01. The summed E-state index contributed by atoms with van der Waals surface area (Å²) in [4.78, 5) is 0. The number of anilines is 2. The average Bonchev–Trinajstić information content (AvgIpc) is 2.90. The summed E-state index contributed by atoms with van der Waals surface area (Å²) in [5.41, 5.74) is 13.8. The van der Waals surface area contributed by atoms with Crippen LogP contribution >= 0.6 is 0 Å². The molecule has 3 rings (SSSR count). The maximum Gasteiger partial charge on any atom is 0.192 e. The summed E-state index contributed by atoms with van der Waals surface area (Å²) in [7, 11) is 0. The van der Waals surface area contributed by atoms with Crippen LogP contribution in [-0.2, 0) is 15.3 Å². The predicted molar refractivity (Wildman–Crippen MR) is 85.4 cm³/mol. The summed E-state index contributed by atoms with van der Waals surface area (Å²) in [5.74, 6) is -0.0276. The summed E-state index contributed by atoms with van der Waals surface area (Å²) >= 11 is 0. The molecule has 0 saturated carbocycles. The average molecular weight is 300 g/mol. The molecule has 2 unspecified atom stereocenters. The first-order chi connectivity index (χ1) is 10.5. The highest BCUT2D eigenvalue weighted by Gasteiger charge is 2.39. The minimum absolute atomic E-state index is 0.135. The zero-order valence-corrected chi connectivity index (χ0v) is 12.5. The number of nitrogens with two attached hydrogens (primary N) is 2. The number of rotatable bonds is 4. The topological polar surface area (TPSA) is 79.7 Å². The molecule has 2 aromatic carbocycles. The van der Waals surface area contributed by atoms with Crippen molar-refractivity contribution in [3.63, 3.8) is 0 Å². The van der Waals surface area contributed by atoms with E-state index in [1.807, 2.05) is 43.3 Å². The zero-order chi connectivity index (χ0) is 15.6. The van der Waals surface area contributed by atoms with Gasteiger partial charge >= 0.3 is 0 Å². The molecular formula is C17H20N2O3. The number of ether oxygens (including phenoxy) is 3. The molecule has 0 spiro atoms. The standard InChI is InChI=1S/C17H20N2O3/c1-17(12-3-2-4-14(19)9-12)21-11-16(22-17)10-20-15-7-5-13(18)6-8-15/h2-9,16H,10-11,18-19H2,1H3. The van der Waals surface area contributed by atoms with E-state index in [1.165, 1.54) is 0 Å². The van der Waals surface area contributed by atoms with Crippen LogP contribution in [0.2, 0.25) is 0 Å². The quantitative estimate of drug-likeness (QED) is 0.848. The van der Waals surface area contributed by atoms with Crippen molar-refractivity contribution in [2.45, 2.75) is 18.8 Å². The van der Waals surface area contributed by atoms with E-state index in [9.17, 15) is 0 Å². The highest BCUT2D eigenvalue weighted by atomic mass is 16.7. The minimum atomic E-state index is -0.787. The summed E-state index contributed by atoms with van der Waals surface area (Å²) < 4.78 is 17.5. The van der Waals surface area contributed by atoms with Gasteiger partial charge in [0, 0.05) is 16.9 Å². The Morgan fingerprint density at radius 1 is 1.14 bits per heavy atom. The van der Waals surface area contributed by atoms with E-state index in [2.05, 4.69) is 0 Å². The molecule has 0 aromatic heterocycles. The zero-order valence-electron chi connectivity index (χ0n) is 12.5. The summed E-state index contributed by atoms with van der Waals surface area (Å²) in [6, 6.07) is 14.8. The number of nitrogen functional groups attached to an aromatic ring is 2. The molecule has 0 bridgehead atoms. The van der Waals surface area contributed by atoms with E-state index in [-0.39, 0.29) is 6.10 Å². The van der Waals surface area contributed by atoms with Crippen molar-refractivity contribution in [2.24, 2.45) is 0 Å². The molecule has 1 heterocycles. The predicted octanol–water partition coefficient (Wildman–Crippen LogP) is 2.52. The Morgan fingerprint density at radius 3 is 2.64 bits per heavy atom. The van der Waals surface area contributed by atoms with Crippen LogP contribution in [0.1, 0.15) is 12.5 Å². The third-order valence-electron chi connectivity index (χ3n) is 3.66. The molecule has 1 aliphatic heterocycles. The number of hydrogen-bond donors (Lipinski definition) is 2. The van der Waals surface area contributed by atoms with Gasteiger partial charge in [-0.25, -0.2) is 0 Å². The first kappa shape index (κ1) is 14.7. The van der Waals surface area contributed by atoms with Crippen molar-refractivity contribution in [1.82, 2.24) is 0 Å². The second-order valence-corrected chi connectivity index (χ2v) is 5.50. The van der Waals surface area contributed by atoms with E-state index < -0.39 is 5.79 Å². The van der Waals surface area contributed by atoms with Gasteiger partial charge in [0.05, 0.1) is 6.61 Å². The van der Waals surface area contributed by atoms with Gasteiger partial charge in [-0.1, -0.05) is 12.1 Å². The van der Waals surface area contributed by atoms with Gasteiger partial charge in [0.25, 0.3) is 0 Å². The van der Waals surface area contributed by atoms with E-state index in [4.69, 9.17) is 25.7 Å². The molecule has 1 fully saturated rings. The molecule has 1 saturated heterocycles. The van der Waals surface area contributed by atoms with Crippen LogP contribution < -0.4 is 16.2 Å². The first-order valence-electron chi connectivity index (χ1n) is 7.21. The van der Waals surface area contributed by atoms with Crippen molar-refractivity contribution in [1.29, 1.82) is 0 Å². The summed E-state index contributed by atoms with van der Waals surface area (Å²) in [6.45, 7) is 2.78. The Kier molecular flexibility index (Phi) is 3.92. The van der Waals surface area contributed by atoms with Gasteiger partial charge < -0.3 is 25.7 Å². The highest BCUT2D eigenvalue weighted by molar-refractivity contribution is 5.42. The van der Waals surface area contributed by atoms with Crippen LogP contribution in [0, 0.1) is 0 Å². The Hall–Kier alpha value is -2.24. The number of hydrogen-bond acceptors (Lipinski definition) is 5. The van der Waals surface area contributed by atoms with Crippen molar-refractivity contribution < 1.29 is 14.2 Å². The van der Waals surface area contributed by atoms with Gasteiger partial charge in [0.1, 0.15) is 18.5 Å². The smallest absolute Gasteiger partial charge is 0.192 e. The van der Waals surface area contributed by atoms with Gasteiger partial charge in [-0.3, -0.25) is 0 Å². The lowest BCUT2D eigenvalue weighted by atomic mass is 10.1. The van der Waals surface area contributed by atoms with Crippen molar-refractivity contribution >= 4 is 11.4 Å². The fourth-order valence-electron chi connectivity index (χ4n) is 2.45. The van der Waals surface area contributed by atoms with Gasteiger partial charge in [0.15, 0.2) is 5.79 Å². The Bertz CT molecular complexity index is 645. The molecule has 116 valence electrons. The molecule has 2 aromatic rings. The van der Waals surface area contributed by atoms with E-state index >= 15 is 0 Å². The summed E-state index contributed by atoms with van der Waals surface area (Å²) in [5, 5.41) is 0. The van der Waals surface area contributed by atoms with Gasteiger partial charge in [-0.05, 0) is 43.3 Å². The normalized spacial score (nSPS) is 24.3. The SMILES string of the molecule is CC1(c2cccc(N)c2)OCC(COc2ccc(N)cc2)O1. The molecule has 1 aliphatic rings. The highest BCUT2D eigenvalue weighted by Crippen LogP contribution is 2.34. The fraction of sp³-hybridized carbons (Fsp3) is 0.294. The maximum atomic E-state index is 6.01. The largest absolute Gasteiger partial charge is 0.491 e. The Labute approximate surface area is 129 Å². The molecule has 5 nitrogen and oxygen atoms in total.